The fourth-order valence-corrected chi connectivity index (χ4v) is 4.34. The number of anilines is 1. The summed E-state index contributed by atoms with van der Waals surface area (Å²) >= 11 is 0. The third kappa shape index (κ3) is 5.13. The van der Waals surface area contributed by atoms with E-state index in [9.17, 15) is 13.2 Å². The van der Waals surface area contributed by atoms with Gasteiger partial charge in [-0.05, 0) is 33.5 Å². The fourth-order valence-electron chi connectivity index (χ4n) is 2.56. The van der Waals surface area contributed by atoms with E-state index in [1.807, 2.05) is 14.1 Å². The van der Waals surface area contributed by atoms with Crippen molar-refractivity contribution in [1.82, 2.24) is 20.2 Å². The molecule has 1 aromatic heterocycles. The first-order chi connectivity index (χ1) is 11.3. The van der Waals surface area contributed by atoms with E-state index in [0.717, 1.165) is 13.0 Å². The second-order valence-corrected chi connectivity index (χ2v) is 8.58. The van der Waals surface area contributed by atoms with Crippen LogP contribution < -0.4 is 10.2 Å². The Balaban J connectivity index is 1.89. The molecule has 1 aliphatic heterocycles. The van der Waals surface area contributed by atoms with Crippen LogP contribution in [-0.4, -0.2) is 81.0 Å². The maximum Gasteiger partial charge on any atom is 0.254 e. The van der Waals surface area contributed by atoms with Gasteiger partial charge >= 0.3 is 0 Å². The number of aromatic nitrogens is 2. The zero-order chi connectivity index (χ0) is 17.7. The minimum atomic E-state index is -2.95. The Morgan fingerprint density at radius 1 is 1.29 bits per heavy atom. The molecule has 24 heavy (non-hydrogen) atoms. The molecule has 1 unspecified atom stereocenters. The first-order valence-corrected chi connectivity index (χ1v) is 9.79. The number of carbonyl (C=O) groups is 1. The van der Waals surface area contributed by atoms with Gasteiger partial charge in [-0.25, -0.2) is 18.4 Å². The van der Waals surface area contributed by atoms with Gasteiger partial charge in [-0.1, -0.05) is 0 Å². The van der Waals surface area contributed by atoms with E-state index in [1.54, 1.807) is 11.9 Å². The number of carbonyl (C=O) groups excluding carboxylic acids is 1. The Labute approximate surface area is 143 Å². The minimum Gasteiger partial charge on any atom is -0.352 e. The molecule has 0 bridgehead atoms. The summed E-state index contributed by atoms with van der Waals surface area (Å²) in [6.45, 7) is 1.50. The van der Waals surface area contributed by atoms with Gasteiger partial charge in [0, 0.05) is 32.0 Å². The van der Waals surface area contributed by atoms with Crippen molar-refractivity contribution in [2.75, 3.05) is 50.6 Å². The summed E-state index contributed by atoms with van der Waals surface area (Å²) in [5.41, 5.74) is 0.399. The van der Waals surface area contributed by atoms with Crippen LogP contribution in [0.15, 0.2) is 12.4 Å². The summed E-state index contributed by atoms with van der Waals surface area (Å²) < 4.78 is 23.1. The summed E-state index contributed by atoms with van der Waals surface area (Å²) in [5, 5.41) is 2.83. The van der Waals surface area contributed by atoms with E-state index in [0.29, 0.717) is 24.5 Å². The second kappa shape index (κ2) is 7.89. The maximum atomic E-state index is 12.0. The summed E-state index contributed by atoms with van der Waals surface area (Å²) in [4.78, 5) is 24.2. The molecule has 1 atom stereocenters. The lowest BCUT2D eigenvalue weighted by Gasteiger charge is -2.23. The van der Waals surface area contributed by atoms with E-state index in [4.69, 9.17) is 0 Å². The topological polar surface area (TPSA) is 95.5 Å². The third-order valence-corrected chi connectivity index (χ3v) is 5.79. The highest BCUT2D eigenvalue weighted by Crippen LogP contribution is 2.19. The number of nitrogens with one attached hydrogen (secondary N) is 1. The maximum absolute atomic E-state index is 12.0. The quantitative estimate of drug-likeness (QED) is 0.676. The van der Waals surface area contributed by atoms with Crippen LogP contribution in [0.1, 0.15) is 23.2 Å². The molecule has 1 saturated heterocycles. The van der Waals surface area contributed by atoms with Crippen molar-refractivity contribution in [1.29, 1.82) is 0 Å². The van der Waals surface area contributed by atoms with Crippen molar-refractivity contribution in [3.05, 3.63) is 18.0 Å². The fraction of sp³-hybridized carbons (Fsp3) is 0.667. The number of amides is 1. The molecule has 2 heterocycles. The average molecular weight is 355 g/mol. The molecule has 134 valence electrons. The van der Waals surface area contributed by atoms with Gasteiger partial charge in [-0.15, -0.1) is 0 Å². The number of rotatable bonds is 7. The van der Waals surface area contributed by atoms with Crippen molar-refractivity contribution in [2.45, 2.75) is 18.9 Å². The van der Waals surface area contributed by atoms with Crippen LogP contribution >= 0.6 is 0 Å². The molecule has 0 saturated carbocycles. The van der Waals surface area contributed by atoms with E-state index < -0.39 is 9.84 Å². The van der Waals surface area contributed by atoms with Gasteiger partial charge in [0.05, 0.1) is 17.1 Å². The average Bonchev–Trinajstić information content (AvgIpc) is 2.90. The van der Waals surface area contributed by atoms with Crippen LogP contribution in [0.5, 0.6) is 0 Å². The Morgan fingerprint density at radius 2 is 1.96 bits per heavy atom. The molecule has 0 aromatic carbocycles. The highest BCUT2D eigenvalue weighted by molar-refractivity contribution is 7.91. The Hall–Kier alpha value is -1.74. The molecule has 1 amide bonds. The molecule has 1 N–H and O–H groups in total. The van der Waals surface area contributed by atoms with Crippen molar-refractivity contribution in [2.24, 2.45) is 0 Å². The van der Waals surface area contributed by atoms with Gasteiger partial charge < -0.3 is 15.1 Å². The predicted molar refractivity (Wildman–Crippen MR) is 93.0 cm³/mol. The smallest absolute Gasteiger partial charge is 0.254 e. The highest BCUT2D eigenvalue weighted by atomic mass is 32.2. The van der Waals surface area contributed by atoms with Crippen LogP contribution in [-0.2, 0) is 9.84 Å². The molecule has 8 nitrogen and oxygen atoms in total. The SMILES string of the molecule is CN(C)CCCNC(=O)c1cnc(N(C)C2CCS(=O)(=O)C2)nc1. The highest BCUT2D eigenvalue weighted by Gasteiger charge is 2.31. The van der Waals surface area contributed by atoms with Gasteiger partial charge in [0.1, 0.15) is 0 Å². The lowest BCUT2D eigenvalue weighted by Crippen LogP contribution is -2.34. The molecular weight excluding hydrogens is 330 g/mol. The number of hydrogen-bond acceptors (Lipinski definition) is 7. The van der Waals surface area contributed by atoms with Gasteiger partial charge in [0.15, 0.2) is 9.84 Å². The van der Waals surface area contributed by atoms with E-state index in [-0.39, 0.29) is 23.5 Å². The van der Waals surface area contributed by atoms with Crippen LogP contribution in [0.3, 0.4) is 0 Å². The molecule has 9 heteroatoms. The van der Waals surface area contributed by atoms with Gasteiger partial charge in [0.25, 0.3) is 5.91 Å². The molecule has 0 spiro atoms. The monoisotopic (exact) mass is 355 g/mol. The normalized spacial score (nSPS) is 19.4. The molecule has 1 aromatic rings. The van der Waals surface area contributed by atoms with Crippen molar-refractivity contribution in [3.8, 4) is 0 Å². The molecule has 1 fully saturated rings. The van der Waals surface area contributed by atoms with E-state index in [1.165, 1.54) is 12.4 Å². The van der Waals surface area contributed by atoms with Crippen LogP contribution in [0, 0.1) is 0 Å². The lowest BCUT2D eigenvalue weighted by atomic mass is 10.2. The van der Waals surface area contributed by atoms with Crippen LogP contribution in [0.2, 0.25) is 0 Å². The van der Waals surface area contributed by atoms with Crippen LogP contribution in [0.25, 0.3) is 0 Å². The van der Waals surface area contributed by atoms with Gasteiger partial charge in [0.2, 0.25) is 5.95 Å². The Morgan fingerprint density at radius 3 is 2.50 bits per heavy atom. The van der Waals surface area contributed by atoms with Crippen molar-refractivity contribution < 1.29 is 13.2 Å². The first-order valence-electron chi connectivity index (χ1n) is 7.97. The standard InChI is InChI=1S/C15H25N5O3S/c1-19(2)7-4-6-16-14(21)12-9-17-15(18-10-12)20(3)13-5-8-24(22,23)11-13/h9-10,13H,4-8,11H2,1-3H3,(H,16,21). The van der Waals surface area contributed by atoms with Gasteiger partial charge in [-0.2, -0.15) is 0 Å². The molecule has 1 aliphatic rings. The molecular formula is C15H25N5O3S. The zero-order valence-electron chi connectivity index (χ0n) is 14.4. The summed E-state index contributed by atoms with van der Waals surface area (Å²) in [6, 6.07) is -0.110. The summed E-state index contributed by atoms with van der Waals surface area (Å²) in [7, 11) is 2.80. The first kappa shape index (κ1) is 18.6. The van der Waals surface area contributed by atoms with Crippen LogP contribution in [0.4, 0.5) is 5.95 Å². The molecule has 0 aliphatic carbocycles. The largest absolute Gasteiger partial charge is 0.352 e. The molecule has 2 rings (SSSR count). The number of sulfone groups is 1. The summed E-state index contributed by atoms with van der Waals surface area (Å²) in [5.74, 6) is 0.559. The summed E-state index contributed by atoms with van der Waals surface area (Å²) in [6.07, 6.45) is 4.40. The van der Waals surface area contributed by atoms with E-state index >= 15 is 0 Å². The minimum absolute atomic E-state index is 0.110. The third-order valence-electron chi connectivity index (χ3n) is 4.04. The van der Waals surface area contributed by atoms with Gasteiger partial charge in [-0.3, -0.25) is 4.79 Å². The van der Waals surface area contributed by atoms with Crippen molar-refractivity contribution in [3.63, 3.8) is 0 Å². The number of nitrogens with zero attached hydrogens (tertiary/aromatic N) is 4. The van der Waals surface area contributed by atoms with Crippen molar-refractivity contribution >= 4 is 21.7 Å². The second-order valence-electron chi connectivity index (χ2n) is 6.35. The number of hydrogen-bond donors (Lipinski definition) is 1. The van der Waals surface area contributed by atoms with E-state index in [2.05, 4.69) is 20.2 Å². The predicted octanol–water partition coefficient (Wildman–Crippen LogP) is -0.219. The lowest BCUT2D eigenvalue weighted by molar-refractivity contribution is 0.0951. The molecule has 0 radical (unpaired) electrons. The Kier molecular flexibility index (Phi) is 6.11. The zero-order valence-corrected chi connectivity index (χ0v) is 15.2. The Bertz CT molecular complexity index is 660.